The van der Waals surface area contributed by atoms with E-state index in [4.69, 9.17) is 4.74 Å². The van der Waals surface area contributed by atoms with E-state index in [1.807, 2.05) is 0 Å². The van der Waals surface area contributed by atoms with Crippen LogP contribution >= 0.6 is 11.3 Å². The number of carbonyl (C=O) groups is 1. The number of sulfonamides is 1. The first-order chi connectivity index (χ1) is 15.8. The highest BCUT2D eigenvalue weighted by molar-refractivity contribution is 7.89. The zero-order chi connectivity index (χ0) is 23.4. The first-order valence-corrected chi connectivity index (χ1v) is 12.2. The van der Waals surface area contributed by atoms with Gasteiger partial charge in [-0.25, -0.2) is 22.2 Å². The Morgan fingerprint density at radius 2 is 1.85 bits per heavy atom. The van der Waals surface area contributed by atoms with Crippen molar-refractivity contribution in [3.63, 3.8) is 0 Å². The number of aromatic nitrogens is 1. The minimum atomic E-state index is -3.58. The van der Waals surface area contributed by atoms with E-state index in [1.165, 1.54) is 34.0 Å². The zero-order valence-electron chi connectivity index (χ0n) is 17.2. The van der Waals surface area contributed by atoms with Gasteiger partial charge in [0.1, 0.15) is 11.6 Å². The van der Waals surface area contributed by atoms with E-state index in [9.17, 15) is 22.0 Å². The Bertz CT molecular complexity index is 1290. The van der Waals surface area contributed by atoms with Gasteiger partial charge in [-0.1, -0.05) is 12.1 Å². The molecular formula is C22H19F2N3O4S2. The lowest BCUT2D eigenvalue weighted by atomic mass is 10.1. The molecule has 2 aromatic carbocycles. The number of ether oxygens (including phenoxy) is 1. The van der Waals surface area contributed by atoms with E-state index in [-0.39, 0.29) is 21.3 Å². The average Bonchev–Trinajstić information content (AvgIpc) is 3.28. The number of anilines is 1. The highest BCUT2D eigenvalue weighted by Gasteiger charge is 2.26. The molecule has 1 amide bonds. The molecule has 1 aromatic heterocycles. The fourth-order valence-electron chi connectivity index (χ4n) is 3.15. The molecule has 1 N–H and O–H groups in total. The number of amides is 1. The number of nitrogens with one attached hydrogen (secondary N) is 1. The van der Waals surface area contributed by atoms with E-state index in [1.54, 1.807) is 12.1 Å². The van der Waals surface area contributed by atoms with Crippen LogP contribution in [0.1, 0.15) is 5.56 Å². The lowest BCUT2D eigenvalue weighted by Crippen LogP contribution is -2.40. The molecular weight excluding hydrogens is 472 g/mol. The maximum absolute atomic E-state index is 13.9. The topological polar surface area (TPSA) is 88.6 Å². The normalized spacial score (nSPS) is 15.1. The summed E-state index contributed by atoms with van der Waals surface area (Å²) in [5.74, 6) is -1.67. The number of carbonyl (C=O) groups excluding carboxylic acids is 1. The van der Waals surface area contributed by atoms with Crippen LogP contribution in [0.15, 0.2) is 58.8 Å². The molecule has 0 unspecified atom stereocenters. The third-order valence-corrected chi connectivity index (χ3v) is 7.52. The fraction of sp³-hybridized carbons (Fsp3) is 0.182. The van der Waals surface area contributed by atoms with Gasteiger partial charge >= 0.3 is 0 Å². The van der Waals surface area contributed by atoms with Crippen LogP contribution in [0.25, 0.3) is 17.3 Å². The van der Waals surface area contributed by atoms with Gasteiger partial charge in [-0.05, 0) is 42.0 Å². The van der Waals surface area contributed by atoms with E-state index >= 15 is 0 Å². The third kappa shape index (κ3) is 5.50. The Morgan fingerprint density at radius 1 is 1.12 bits per heavy atom. The van der Waals surface area contributed by atoms with Gasteiger partial charge in [-0.3, -0.25) is 10.1 Å². The maximum Gasteiger partial charge on any atom is 0.250 e. The number of benzene rings is 2. The molecule has 1 aliphatic rings. The minimum Gasteiger partial charge on any atom is -0.379 e. The quantitative estimate of drug-likeness (QED) is 0.531. The number of halogens is 2. The Balaban J connectivity index is 1.39. The highest BCUT2D eigenvalue weighted by atomic mass is 32.2. The molecule has 7 nitrogen and oxygen atoms in total. The molecule has 0 saturated carbocycles. The summed E-state index contributed by atoms with van der Waals surface area (Å²) in [7, 11) is -3.58. The molecule has 3 aromatic rings. The maximum atomic E-state index is 13.9. The number of hydrogen-bond acceptors (Lipinski definition) is 6. The Kier molecular flexibility index (Phi) is 6.94. The van der Waals surface area contributed by atoms with Crippen molar-refractivity contribution < 1.29 is 26.7 Å². The van der Waals surface area contributed by atoms with Crippen molar-refractivity contribution in [3.05, 3.63) is 71.1 Å². The Morgan fingerprint density at radius 3 is 2.58 bits per heavy atom. The van der Waals surface area contributed by atoms with Gasteiger partial charge in [0.15, 0.2) is 5.13 Å². The predicted molar refractivity (Wildman–Crippen MR) is 121 cm³/mol. The molecule has 0 spiro atoms. The number of hydrogen-bond donors (Lipinski definition) is 1. The molecule has 0 radical (unpaired) electrons. The van der Waals surface area contributed by atoms with Crippen LogP contribution in [-0.4, -0.2) is 49.9 Å². The second-order valence-electron chi connectivity index (χ2n) is 7.07. The summed E-state index contributed by atoms with van der Waals surface area (Å²) >= 11 is 1.08. The molecule has 1 aliphatic heterocycles. The van der Waals surface area contributed by atoms with Gasteiger partial charge in [0, 0.05) is 30.1 Å². The van der Waals surface area contributed by atoms with Crippen molar-refractivity contribution >= 4 is 38.5 Å². The largest absolute Gasteiger partial charge is 0.379 e. The van der Waals surface area contributed by atoms with Gasteiger partial charge in [0.05, 0.1) is 23.8 Å². The number of rotatable bonds is 6. The summed E-state index contributed by atoms with van der Waals surface area (Å²) in [6.07, 6.45) is 2.80. The standard InChI is InChI=1S/C22H19F2N3O4S2/c23-16-4-7-19(24)18(13-16)20-14-32-22(25-20)26-21(28)8-3-15-1-5-17(6-2-15)33(29,30)27-9-11-31-12-10-27/h1-8,13-14H,9-12H2,(H,25,26,28)/b8-3+. The second kappa shape index (κ2) is 9.87. The van der Waals surface area contributed by atoms with Gasteiger partial charge in [0.2, 0.25) is 15.9 Å². The van der Waals surface area contributed by atoms with Crippen LogP contribution in [0, 0.1) is 11.6 Å². The summed E-state index contributed by atoms with van der Waals surface area (Å²) in [6.45, 7) is 1.36. The molecule has 1 fully saturated rings. The lowest BCUT2D eigenvalue weighted by Gasteiger charge is -2.26. The van der Waals surface area contributed by atoms with Crippen LogP contribution < -0.4 is 5.32 Å². The van der Waals surface area contributed by atoms with Crippen molar-refractivity contribution in [3.8, 4) is 11.3 Å². The van der Waals surface area contributed by atoms with Gasteiger partial charge in [-0.2, -0.15) is 4.31 Å². The van der Waals surface area contributed by atoms with Crippen molar-refractivity contribution in [1.29, 1.82) is 0 Å². The summed E-state index contributed by atoms with van der Waals surface area (Å²) < 4.78 is 59.2. The summed E-state index contributed by atoms with van der Waals surface area (Å²) in [6, 6.07) is 9.26. The summed E-state index contributed by atoms with van der Waals surface area (Å²) in [5, 5.41) is 4.32. The van der Waals surface area contributed by atoms with Gasteiger partial charge in [0.25, 0.3) is 0 Å². The van der Waals surface area contributed by atoms with Crippen molar-refractivity contribution in [2.24, 2.45) is 0 Å². The van der Waals surface area contributed by atoms with E-state index in [2.05, 4.69) is 10.3 Å². The lowest BCUT2D eigenvalue weighted by molar-refractivity contribution is -0.111. The second-order valence-corrected chi connectivity index (χ2v) is 9.87. The van der Waals surface area contributed by atoms with E-state index < -0.39 is 27.6 Å². The first-order valence-electron chi connectivity index (χ1n) is 9.91. The van der Waals surface area contributed by atoms with Crippen LogP contribution in [0.3, 0.4) is 0 Å². The van der Waals surface area contributed by atoms with Crippen molar-refractivity contribution in [2.45, 2.75) is 4.90 Å². The first kappa shape index (κ1) is 23.2. The summed E-state index contributed by atoms with van der Waals surface area (Å²) in [5.41, 5.74) is 0.857. The summed E-state index contributed by atoms with van der Waals surface area (Å²) in [4.78, 5) is 16.5. The molecule has 0 atom stereocenters. The minimum absolute atomic E-state index is 0.00872. The predicted octanol–water partition coefficient (Wildman–Crippen LogP) is 3.76. The van der Waals surface area contributed by atoms with Crippen LogP contribution in [0.4, 0.5) is 13.9 Å². The van der Waals surface area contributed by atoms with Crippen LogP contribution in [0.2, 0.25) is 0 Å². The Hall–Kier alpha value is -2.99. The molecule has 11 heteroatoms. The van der Waals surface area contributed by atoms with E-state index in [0.29, 0.717) is 31.9 Å². The van der Waals surface area contributed by atoms with Crippen molar-refractivity contribution in [1.82, 2.24) is 9.29 Å². The van der Waals surface area contributed by atoms with Crippen LogP contribution in [-0.2, 0) is 19.6 Å². The Labute approximate surface area is 193 Å². The van der Waals surface area contributed by atoms with E-state index in [0.717, 1.165) is 29.5 Å². The number of nitrogens with zero attached hydrogens (tertiary/aromatic N) is 2. The molecule has 2 heterocycles. The highest BCUT2D eigenvalue weighted by Crippen LogP contribution is 2.27. The molecule has 33 heavy (non-hydrogen) atoms. The van der Waals surface area contributed by atoms with Crippen LogP contribution in [0.5, 0.6) is 0 Å². The average molecular weight is 492 g/mol. The molecule has 1 saturated heterocycles. The SMILES string of the molecule is O=C(/C=C/c1ccc(S(=O)(=O)N2CCOCC2)cc1)Nc1nc(-c2cc(F)ccc2F)cs1. The monoisotopic (exact) mass is 491 g/mol. The van der Waals surface area contributed by atoms with Gasteiger partial charge < -0.3 is 4.74 Å². The molecule has 172 valence electrons. The third-order valence-electron chi connectivity index (χ3n) is 4.85. The van der Waals surface area contributed by atoms with Crippen molar-refractivity contribution in [2.75, 3.05) is 31.6 Å². The molecule has 0 bridgehead atoms. The number of thiazole rings is 1. The fourth-order valence-corrected chi connectivity index (χ4v) is 5.28. The number of morpholine rings is 1. The molecule has 0 aliphatic carbocycles. The zero-order valence-corrected chi connectivity index (χ0v) is 18.8. The smallest absolute Gasteiger partial charge is 0.250 e. The van der Waals surface area contributed by atoms with Gasteiger partial charge in [-0.15, -0.1) is 11.3 Å². The molecule has 4 rings (SSSR count).